The highest BCUT2D eigenvalue weighted by Crippen LogP contribution is 2.28. The Balaban J connectivity index is 1.63. The highest BCUT2D eigenvalue weighted by atomic mass is 16.2. The third-order valence-electron chi connectivity index (χ3n) is 4.78. The van der Waals surface area contributed by atoms with Gasteiger partial charge in [-0.25, -0.2) is 15.0 Å². The van der Waals surface area contributed by atoms with Crippen LogP contribution in [0.3, 0.4) is 0 Å². The Hall–Kier alpha value is -2.77. The Morgan fingerprint density at radius 1 is 1.31 bits per heavy atom. The molecule has 0 bridgehead atoms. The summed E-state index contributed by atoms with van der Waals surface area (Å²) in [4.78, 5) is 41.7. The molecule has 0 spiro atoms. The fourth-order valence-electron chi connectivity index (χ4n) is 3.49. The normalized spacial score (nSPS) is 16.3. The highest BCUT2D eigenvalue weighted by Gasteiger charge is 2.30. The van der Waals surface area contributed by atoms with Crippen molar-refractivity contribution >= 4 is 11.8 Å². The number of carbonyl (C=O) groups is 2. The Morgan fingerprint density at radius 3 is 2.69 bits per heavy atom. The summed E-state index contributed by atoms with van der Waals surface area (Å²) in [6, 6.07) is -0.578. The smallest absolute Gasteiger partial charge is 0.245 e. The van der Waals surface area contributed by atoms with E-state index in [9.17, 15) is 9.59 Å². The Bertz CT molecular complexity index is 753. The predicted molar refractivity (Wildman–Crippen MR) is 95.2 cm³/mol. The molecule has 1 aliphatic heterocycles. The molecule has 1 unspecified atom stereocenters. The summed E-state index contributed by atoms with van der Waals surface area (Å²) in [6.07, 6.45) is 8.78. The number of amides is 2. The number of likely N-dealkylation sites (tertiary alicyclic amines) is 1. The van der Waals surface area contributed by atoms with E-state index in [1.54, 1.807) is 18.9 Å². The lowest BCUT2D eigenvalue weighted by atomic mass is 9.91. The zero-order chi connectivity index (χ0) is 18.5. The molecule has 1 saturated heterocycles. The van der Waals surface area contributed by atoms with Crippen molar-refractivity contribution in [3.05, 3.63) is 42.0 Å². The number of imidazole rings is 1. The topological polar surface area (TPSA) is 104 Å². The van der Waals surface area contributed by atoms with Crippen LogP contribution < -0.4 is 5.32 Å². The van der Waals surface area contributed by atoms with E-state index in [1.165, 1.54) is 6.92 Å². The number of carbonyl (C=O) groups excluding carboxylic acids is 2. The van der Waals surface area contributed by atoms with Gasteiger partial charge in [0, 0.05) is 56.1 Å². The fraction of sp³-hybridized carbons (Fsp3) is 0.500. The van der Waals surface area contributed by atoms with Crippen LogP contribution in [0.25, 0.3) is 0 Å². The van der Waals surface area contributed by atoms with Gasteiger partial charge in [0.05, 0.1) is 6.33 Å². The van der Waals surface area contributed by atoms with Gasteiger partial charge in [-0.3, -0.25) is 9.59 Å². The van der Waals surface area contributed by atoms with Crippen LogP contribution in [-0.4, -0.2) is 55.8 Å². The van der Waals surface area contributed by atoms with Gasteiger partial charge in [0.25, 0.3) is 0 Å². The fourth-order valence-corrected chi connectivity index (χ4v) is 3.49. The molecule has 1 atom stereocenters. The van der Waals surface area contributed by atoms with E-state index in [0.29, 0.717) is 25.4 Å². The van der Waals surface area contributed by atoms with Crippen molar-refractivity contribution in [3.63, 3.8) is 0 Å². The average molecular weight is 356 g/mol. The van der Waals surface area contributed by atoms with Crippen molar-refractivity contribution in [1.29, 1.82) is 0 Å². The molecule has 8 nitrogen and oxygen atoms in total. The minimum atomic E-state index is -0.578. The molecule has 0 aromatic carbocycles. The zero-order valence-electron chi connectivity index (χ0n) is 15.1. The molecule has 2 aromatic heterocycles. The van der Waals surface area contributed by atoms with Crippen LogP contribution in [0.1, 0.15) is 42.6 Å². The van der Waals surface area contributed by atoms with E-state index in [4.69, 9.17) is 0 Å². The van der Waals surface area contributed by atoms with Gasteiger partial charge in [-0.1, -0.05) is 0 Å². The lowest BCUT2D eigenvalue weighted by Crippen LogP contribution is -2.51. The van der Waals surface area contributed by atoms with Gasteiger partial charge in [-0.2, -0.15) is 0 Å². The lowest BCUT2D eigenvalue weighted by molar-refractivity contribution is -0.137. The number of aromatic amines is 1. The standard InChI is InChI=1S/C18H24N6O2/c1-12-8-19-11-22-17(12)14-3-5-24(6-4-14)18(26)16(23-13(2)25)7-15-9-20-10-21-15/h8-11,14,16H,3-7H2,1-2H3,(H,20,21)(H,23,25). The van der Waals surface area contributed by atoms with Gasteiger partial charge in [0.2, 0.25) is 11.8 Å². The van der Waals surface area contributed by atoms with Crippen LogP contribution in [0.5, 0.6) is 0 Å². The number of hydrogen-bond donors (Lipinski definition) is 2. The molecular formula is C18H24N6O2. The van der Waals surface area contributed by atoms with Gasteiger partial charge in [0.15, 0.2) is 0 Å². The van der Waals surface area contributed by atoms with Crippen LogP contribution >= 0.6 is 0 Å². The van der Waals surface area contributed by atoms with E-state index in [2.05, 4.69) is 25.3 Å². The number of H-pyrrole nitrogens is 1. The average Bonchev–Trinajstić information content (AvgIpc) is 3.14. The molecule has 2 N–H and O–H groups in total. The summed E-state index contributed by atoms with van der Waals surface area (Å²) in [5, 5.41) is 2.77. The van der Waals surface area contributed by atoms with E-state index < -0.39 is 6.04 Å². The molecule has 138 valence electrons. The van der Waals surface area contributed by atoms with Gasteiger partial charge in [0.1, 0.15) is 12.4 Å². The largest absolute Gasteiger partial charge is 0.348 e. The summed E-state index contributed by atoms with van der Waals surface area (Å²) in [6.45, 7) is 4.76. The Labute approximate surface area is 152 Å². The van der Waals surface area contributed by atoms with E-state index in [1.807, 2.05) is 18.0 Å². The summed E-state index contributed by atoms with van der Waals surface area (Å²) in [5.74, 6) is 0.0795. The SMILES string of the molecule is CC(=O)NC(Cc1cnc[nH]1)C(=O)N1CCC(c2ncncc2C)CC1. The molecule has 26 heavy (non-hydrogen) atoms. The van der Waals surface area contributed by atoms with Crippen LogP contribution in [0.4, 0.5) is 0 Å². The second-order valence-electron chi connectivity index (χ2n) is 6.72. The van der Waals surface area contributed by atoms with E-state index >= 15 is 0 Å². The van der Waals surface area contributed by atoms with Crippen molar-refractivity contribution in [1.82, 2.24) is 30.2 Å². The van der Waals surface area contributed by atoms with Crippen molar-refractivity contribution < 1.29 is 9.59 Å². The zero-order valence-corrected chi connectivity index (χ0v) is 15.1. The van der Waals surface area contributed by atoms with Gasteiger partial charge in [-0.15, -0.1) is 0 Å². The quantitative estimate of drug-likeness (QED) is 0.830. The molecular weight excluding hydrogens is 332 g/mol. The number of nitrogens with zero attached hydrogens (tertiary/aromatic N) is 4. The van der Waals surface area contributed by atoms with Crippen LogP contribution in [-0.2, 0) is 16.0 Å². The molecule has 0 aliphatic carbocycles. The van der Waals surface area contributed by atoms with Crippen LogP contribution in [0, 0.1) is 6.92 Å². The lowest BCUT2D eigenvalue weighted by Gasteiger charge is -2.34. The highest BCUT2D eigenvalue weighted by molar-refractivity contribution is 5.87. The first-order chi connectivity index (χ1) is 12.5. The number of aromatic nitrogens is 4. The number of hydrogen-bond acceptors (Lipinski definition) is 5. The molecule has 8 heteroatoms. The summed E-state index contributed by atoms with van der Waals surface area (Å²) >= 11 is 0. The van der Waals surface area contributed by atoms with Crippen LogP contribution in [0.2, 0.25) is 0 Å². The van der Waals surface area contributed by atoms with Gasteiger partial charge >= 0.3 is 0 Å². The Kier molecular flexibility index (Phi) is 5.60. The Morgan fingerprint density at radius 2 is 2.08 bits per heavy atom. The summed E-state index contributed by atoms with van der Waals surface area (Å²) < 4.78 is 0. The molecule has 0 radical (unpaired) electrons. The first kappa shape index (κ1) is 18.0. The van der Waals surface area contributed by atoms with Crippen LogP contribution in [0.15, 0.2) is 25.0 Å². The predicted octanol–water partition coefficient (Wildman–Crippen LogP) is 0.962. The minimum absolute atomic E-state index is 0.0485. The number of piperidine rings is 1. The second kappa shape index (κ2) is 8.07. The molecule has 1 aliphatic rings. The van der Waals surface area contributed by atoms with E-state index in [-0.39, 0.29) is 11.8 Å². The maximum absolute atomic E-state index is 12.9. The second-order valence-corrected chi connectivity index (χ2v) is 6.72. The molecule has 1 fully saturated rings. The van der Waals surface area contributed by atoms with E-state index in [0.717, 1.165) is 29.8 Å². The summed E-state index contributed by atoms with van der Waals surface area (Å²) in [7, 11) is 0. The van der Waals surface area contributed by atoms with Crippen molar-refractivity contribution in [2.24, 2.45) is 0 Å². The third kappa shape index (κ3) is 4.25. The molecule has 0 saturated carbocycles. The van der Waals surface area contributed by atoms with Crippen molar-refractivity contribution in [2.45, 2.75) is 45.1 Å². The number of nitrogens with one attached hydrogen (secondary N) is 2. The van der Waals surface area contributed by atoms with Crippen molar-refractivity contribution in [2.75, 3.05) is 13.1 Å². The maximum Gasteiger partial charge on any atom is 0.245 e. The number of rotatable bonds is 5. The monoisotopic (exact) mass is 356 g/mol. The molecule has 2 amide bonds. The minimum Gasteiger partial charge on any atom is -0.348 e. The third-order valence-corrected chi connectivity index (χ3v) is 4.78. The number of aryl methyl sites for hydroxylation is 1. The maximum atomic E-state index is 12.9. The van der Waals surface area contributed by atoms with Gasteiger partial charge in [-0.05, 0) is 25.3 Å². The molecule has 2 aromatic rings. The van der Waals surface area contributed by atoms with Crippen molar-refractivity contribution in [3.8, 4) is 0 Å². The first-order valence-corrected chi connectivity index (χ1v) is 8.84. The van der Waals surface area contributed by atoms with Gasteiger partial charge < -0.3 is 15.2 Å². The molecule has 3 heterocycles. The molecule has 3 rings (SSSR count). The first-order valence-electron chi connectivity index (χ1n) is 8.84. The summed E-state index contributed by atoms with van der Waals surface area (Å²) in [5.41, 5.74) is 2.99.